The summed E-state index contributed by atoms with van der Waals surface area (Å²) in [5.41, 5.74) is 1.05. The molecule has 0 fully saturated rings. The lowest BCUT2D eigenvalue weighted by Gasteiger charge is -2.06. The normalized spacial score (nSPS) is 10.3. The zero-order valence-corrected chi connectivity index (χ0v) is 11.2. The molecule has 0 heterocycles. The van der Waals surface area contributed by atoms with Gasteiger partial charge in [-0.3, -0.25) is 4.79 Å². The number of amides is 1. The van der Waals surface area contributed by atoms with Gasteiger partial charge in [-0.15, -0.1) is 0 Å². The summed E-state index contributed by atoms with van der Waals surface area (Å²) in [7, 11) is 0. The highest BCUT2D eigenvalue weighted by atomic mass is 35.5. The van der Waals surface area contributed by atoms with Crippen LogP contribution in [-0.4, -0.2) is 19.0 Å². The van der Waals surface area contributed by atoms with E-state index in [1.54, 1.807) is 6.07 Å². The summed E-state index contributed by atoms with van der Waals surface area (Å²) in [6.45, 7) is 3.90. The van der Waals surface area contributed by atoms with Gasteiger partial charge in [-0.05, 0) is 24.6 Å². The Morgan fingerprint density at radius 3 is 2.71 bits per heavy atom. The Kier molecular flexibility index (Phi) is 6.34. The molecule has 1 aromatic carbocycles. The second kappa shape index (κ2) is 7.54. The van der Waals surface area contributed by atoms with Crippen molar-refractivity contribution in [3.8, 4) is 0 Å². The molecule has 0 radical (unpaired) electrons. The standard InChI is InChI=1S/C12H16Cl2N2O/c1-2-16-12(17)5-6-15-8-9-3-4-10(13)11(14)7-9/h3-4,7,15H,2,5-6,8H2,1H3,(H,16,17). The van der Waals surface area contributed by atoms with Crippen molar-refractivity contribution < 1.29 is 4.79 Å². The molecule has 2 N–H and O–H groups in total. The number of carbonyl (C=O) groups is 1. The van der Waals surface area contributed by atoms with Crippen molar-refractivity contribution in [1.82, 2.24) is 10.6 Å². The largest absolute Gasteiger partial charge is 0.356 e. The first-order valence-corrected chi connectivity index (χ1v) is 6.30. The van der Waals surface area contributed by atoms with Crippen LogP contribution in [0.2, 0.25) is 10.0 Å². The maximum absolute atomic E-state index is 11.2. The zero-order valence-electron chi connectivity index (χ0n) is 9.72. The molecule has 5 heteroatoms. The van der Waals surface area contributed by atoms with Gasteiger partial charge in [0.1, 0.15) is 0 Å². The summed E-state index contributed by atoms with van der Waals surface area (Å²) in [6, 6.07) is 5.50. The van der Waals surface area contributed by atoms with E-state index >= 15 is 0 Å². The average molecular weight is 275 g/mol. The van der Waals surface area contributed by atoms with Gasteiger partial charge in [0.25, 0.3) is 0 Å². The van der Waals surface area contributed by atoms with Gasteiger partial charge in [-0.25, -0.2) is 0 Å². The van der Waals surface area contributed by atoms with Gasteiger partial charge < -0.3 is 10.6 Å². The lowest BCUT2D eigenvalue weighted by molar-refractivity contribution is -0.120. The van der Waals surface area contributed by atoms with Gasteiger partial charge in [0.05, 0.1) is 10.0 Å². The molecule has 0 atom stereocenters. The Labute approximate surface area is 111 Å². The van der Waals surface area contributed by atoms with Crippen LogP contribution in [0.25, 0.3) is 0 Å². The summed E-state index contributed by atoms with van der Waals surface area (Å²) in [5.74, 6) is 0.0640. The van der Waals surface area contributed by atoms with Crippen LogP contribution in [-0.2, 0) is 11.3 Å². The van der Waals surface area contributed by atoms with E-state index in [0.29, 0.717) is 36.1 Å². The number of rotatable bonds is 6. The maximum atomic E-state index is 11.2. The van der Waals surface area contributed by atoms with Gasteiger partial charge >= 0.3 is 0 Å². The van der Waals surface area contributed by atoms with Crippen LogP contribution in [0.15, 0.2) is 18.2 Å². The zero-order chi connectivity index (χ0) is 12.7. The van der Waals surface area contributed by atoms with Crippen LogP contribution in [0.5, 0.6) is 0 Å². The Morgan fingerprint density at radius 2 is 2.06 bits per heavy atom. The molecule has 1 aromatic rings. The van der Waals surface area contributed by atoms with Gasteiger partial charge in [0, 0.05) is 26.1 Å². The Morgan fingerprint density at radius 1 is 1.29 bits per heavy atom. The highest BCUT2D eigenvalue weighted by Gasteiger charge is 2.01. The summed E-state index contributed by atoms with van der Waals surface area (Å²) in [6.07, 6.45) is 0.481. The lowest BCUT2D eigenvalue weighted by atomic mass is 10.2. The SMILES string of the molecule is CCNC(=O)CCNCc1ccc(Cl)c(Cl)c1. The molecule has 0 unspecified atom stereocenters. The second-order valence-corrected chi connectivity index (χ2v) is 4.44. The fraction of sp³-hybridized carbons (Fsp3) is 0.417. The molecule has 0 aliphatic carbocycles. The summed E-state index contributed by atoms with van der Waals surface area (Å²) < 4.78 is 0. The minimum atomic E-state index is 0.0640. The number of carbonyl (C=O) groups excluding carboxylic acids is 1. The van der Waals surface area contributed by atoms with Crippen LogP contribution in [0.3, 0.4) is 0 Å². The first-order chi connectivity index (χ1) is 8.13. The second-order valence-electron chi connectivity index (χ2n) is 3.63. The van der Waals surface area contributed by atoms with Gasteiger partial charge in [-0.1, -0.05) is 29.3 Å². The van der Waals surface area contributed by atoms with E-state index in [4.69, 9.17) is 23.2 Å². The van der Waals surface area contributed by atoms with Crippen molar-refractivity contribution >= 4 is 29.1 Å². The van der Waals surface area contributed by atoms with Crippen LogP contribution in [0.1, 0.15) is 18.9 Å². The quantitative estimate of drug-likeness (QED) is 0.783. The number of hydrogen-bond donors (Lipinski definition) is 2. The third kappa shape index (κ3) is 5.39. The van der Waals surface area contributed by atoms with Crippen LogP contribution in [0, 0.1) is 0 Å². The van der Waals surface area contributed by atoms with Crippen molar-refractivity contribution in [3.63, 3.8) is 0 Å². The van der Waals surface area contributed by atoms with Gasteiger partial charge in [0.2, 0.25) is 5.91 Å². The predicted octanol–water partition coefficient (Wildman–Crippen LogP) is 2.61. The monoisotopic (exact) mass is 274 g/mol. The Balaban J connectivity index is 2.26. The molecular weight excluding hydrogens is 259 g/mol. The van der Waals surface area contributed by atoms with Crippen LogP contribution >= 0.6 is 23.2 Å². The molecule has 0 spiro atoms. The maximum Gasteiger partial charge on any atom is 0.221 e. The third-order valence-electron chi connectivity index (χ3n) is 2.22. The molecule has 0 saturated heterocycles. The summed E-state index contributed by atoms with van der Waals surface area (Å²) >= 11 is 11.7. The van der Waals surface area contributed by atoms with Crippen molar-refractivity contribution in [1.29, 1.82) is 0 Å². The topological polar surface area (TPSA) is 41.1 Å². The number of benzene rings is 1. The molecule has 0 bridgehead atoms. The molecule has 0 aliphatic rings. The molecule has 0 aromatic heterocycles. The van der Waals surface area contributed by atoms with Crippen molar-refractivity contribution in [2.24, 2.45) is 0 Å². The smallest absolute Gasteiger partial charge is 0.221 e. The number of halogens is 2. The lowest BCUT2D eigenvalue weighted by Crippen LogP contribution is -2.27. The minimum Gasteiger partial charge on any atom is -0.356 e. The van der Waals surface area contributed by atoms with E-state index < -0.39 is 0 Å². The first kappa shape index (κ1) is 14.3. The van der Waals surface area contributed by atoms with Crippen molar-refractivity contribution in [2.45, 2.75) is 19.9 Å². The fourth-order valence-electron chi connectivity index (χ4n) is 1.37. The van der Waals surface area contributed by atoms with Crippen molar-refractivity contribution in [3.05, 3.63) is 33.8 Å². The number of hydrogen-bond acceptors (Lipinski definition) is 2. The molecular formula is C12H16Cl2N2O. The molecule has 94 valence electrons. The van der Waals surface area contributed by atoms with Crippen LogP contribution < -0.4 is 10.6 Å². The summed E-state index contributed by atoms with van der Waals surface area (Å²) in [4.78, 5) is 11.2. The number of nitrogens with one attached hydrogen (secondary N) is 2. The Bertz CT molecular complexity index is 383. The van der Waals surface area contributed by atoms with E-state index in [1.165, 1.54) is 0 Å². The van der Waals surface area contributed by atoms with E-state index in [0.717, 1.165) is 5.56 Å². The minimum absolute atomic E-state index is 0.0640. The highest BCUT2D eigenvalue weighted by molar-refractivity contribution is 6.42. The molecule has 3 nitrogen and oxygen atoms in total. The van der Waals surface area contributed by atoms with E-state index in [-0.39, 0.29) is 5.91 Å². The molecule has 17 heavy (non-hydrogen) atoms. The van der Waals surface area contributed by atoms with Crippen LogP contribution in [0.4, 0.5) is 0 Å². The van der Waals surface area contributed by atoms with E-state index in [2.05, 4.69) is 10.6 Å². The third-order valence-corrected chi connectivity index (χ3v) is 2.95. The summed E-state index contributed by atoms with van der Waals surface area (Å²) in [5, 5.41) is 7.02. The Hall–Kier alpha value is -0.770. The molecule has 1 rings (SSSR count). The first-order valence-electron chi connectivity index (χ1n) is 5.54. The van der Waals surface area contributed by atoms with E-state index in [9.17, 15) is 4.79 Å². The molecule has 0 aliphatic heterocycles. The predicted molar refractivity (Wildman–Crippen MR) is 71.5 cm³/mol. The van der Waals surface area contributed by atoms with Gasteiger partial charge in [0.15, 0.2) is 0 Å². The van der Waals surface area contributed by atoms with E-state index in [1.807, 2.05) is 19.1 Å². The van der Waals surface area contributed by atoms with Gasteiger partial charge in [-0.2, -0.15) is 0 Å². The molecule has 0 saturated carbocycles. The van der Waals surface area contributed by atoms with Crippen molar-refractivity contribution in [2.75, 3.05) is 13.1 Å². The fourth-order valence-corrected chi connectivity index (χ4v) is 1.69. The molecule has 1 amide bonds. The average Bonchev–Trinajstić information content (AvgIpc) is 2.29. The highest BCUT2D eigenvalue weighted by Crippen LogP contribution is 2.22.